The maximum absolute atomic E-state index is 12.6. The molecule has 0 spiro atoms. The zero-order chi connectivity index (χ0) is 15.2. The first-order chi connectivity index (χ1) is 10.8. The highest BCUT2D eigenvalue weighted by Gasteiger charge is 2.18. The molecule has 2 aromatic rings. The fourth-order valence-corrected chi connectivity index (χ4v) is 2.94. The topological polar surface area (TPSA) is 41.1 Å². The number of amides is 1. The second-order valence-corrected chi connectivity index (χ2v) is 5.82. The van der Waals surface area contributed by atoms with Gasteiger partial charge in [-0.2, -0.15) is 0 Å². The van der Waals surface area contributed by atoms with Gasteiger partial charge in [0.05, 0.1) is 0 Å². The van der Waals surface area contributed by atoms with E-state index in [0.29, 0.717) is 6.04 Å². The molecule has 0 radical (unpaired) electrons. The Balaban J connectivity index is 0.00000192. The molecule has 2 N–H and O–H groups in total. The van der Waals surface area contributed by atoms with E-state index in [0.717, 1.165) is 43.5 Å². The maximum Gasteiger partial charge on any atom is 0.251 e. The highest BCUT2D eigenvalue weighted by molar-refractivity contribution is 5.96. The Kier molecular flexibility index (Phi) is 6.63. The summed E-state index contributed by atoms with van der Waals surface area (Å²) in [6.45, 7) is 1.97. The summed E-state index contributed by atoms with van der Waals surface area (Å²) in [4.78, 5) is 12.6. The van der Waals surface area contributed by atoms with Crippen molar-refractivity contribution in [3.8, 4) is 0 Å². The zero-order valence-electron chi connectivity index (χ0n) is 13.1. The molecule has 0 bridgehead atoms. The van der Waals surface area contributed by atoms with Crippen LogP contribution in [0.4, 0.5) is 0 Å². The van der Waals surface area contributed by atoms with Crippen molar-refractivity contribution >= 4 is 18.3 Å². The van der Waals surface area contributed by atoms with E-state index in [1.165, 1.54) is 5.56 Å². The fraction of sp³-hybridized carbons (Fsp3) is 0.316. The molecule has 3 nitrogen and oxygen atoms in total. The van der Waals surface area contributed by atoms with Crippen LogP contribution in [-0.4, -0.2) is 25.0 Å². The quantitative estimate of drug-likeness (QED) is 0.904. The molecule has 3 rings (SSSR count). The average Bonchev–Trinajstić information content (AvgIpc) is 2.57. The van der Waals surface area contributed by atoms with Crippen LogP contribution in [0.2, 0.25) is 0 Å². The number of hydrogen-bond donors (Lipinski definition) is 2. The normalized spacial score (nSPS) is 14.8. The van der Waals surface area contributed by atoms with E-state index in [-0.39, 0.29) is 18.3 Å². The van der Waals surface area contributed by atoms with E-state index >= 15 is 0 Å². The van der Waals surface area contributed by atoms with Crippen LogP contribution in [0.3, 0.4) is 0 Å². The molecule has 1 heterocycles. The van der Waals surface area contributed by atoms with Crippen molar-refractivity contribution in [3.63, 3.8) is 0 Å². The average molecular weight is 331 g/mol. The first kappa shape index (κ1) is 17.5. The molecular weight excluding hydrogens is 308 g/mol. The lowest BCUT2D eigenvalue weighted by molar-refractivity contribution is 0.0928. The molecule has 1 saturated heterocycles. The zero-order valence-corrected chi connectivity index (χ0v) is 13.9. The molecule has 1 aliphatic heterocycles. The molecule has 2 aromatic carbocycles. The Labute approximate surface area is 143 Å². The predicted octanol–water partition coefficient (Wildman–Crippen LogP) is 3.18. The third-order valence-electron chi connectivity index (χ3n) is 4.17. The Morgan fingerprint density at radius 2 is 1.65 bits per heavy atom. The van der Waals surface area contributed by atoms with Gasteiger partial charge in [0.2, 0.25) is 0 Å². The van der Waals surface area contributed by atoms with Gasteiger partial charge in [0.15, 0.2) is 0 Å². The Morgan fingerprint density at radius 1 is 1.00 bits per heavy atom. The fourth-order valence-electron chi connectivity index (χ4n) is 2.94. The lowest BCUT2D eigenvalue weighted by Gasteiger charge is -2.24. The Morgan fingerprint density at radius 3 is 2.39 bits per heavy atom. The molecule has 1 amide bonds. The van der Waals surface area contributed by atoms with Gasteiger partial charge in [-0.15, -0.1) is 12.4 Å². The number of rotatable bonds is 4. The lowest BCUT2D eigenvalue weighted by Crippen LogP contribution is -2.42. The molecule has 0 aromatic heterocycles. The van der Waals surface area contributed by atoms with Crippen LogP contribution >= 0.6 is 12.4 Å². The summed E-state index contributed by atoms with van der Waals surface area (Å²) in [5, 5.41) is 6.50. The lowest BCUT2D eigenvalue weighted by atomic mass is 9.98. The van der Waals surface area contributed by atoms with Gasteiger partial charge in [0.1, 0.15) is 0 Å². The number of piperidine rings is 1. The summed E-state index contributed by atoms with van der Waals surface area (Å²) in [6, 6.07) is 18.5. The van der Waals surface area contributed by atoms with Crippen LogP contribution in [0.1, 0.15) is 34.3 Å². The van der Waals surface area contributed by atoms with Crippen LogP contribution in [0.25, 0.3) is 0 Å². The maximum atomic E-state index is 12.6. The SMILES string of the molecule is Cl.O=C(NC1CCNCC1)c1ccccc1Cc1ccccc1. The largest absolute Gasteiger partial charge is 0.349 e. The molecule has 122 valence electrons. The molecule has 0 atom stereocenters. The second kappa shape index (κ2) is 8.70. The summed E-state index contributed by atoms with van der Waals surface area (Å²) in [6.07, 6.45) is 2.80. The minimum Gasteiger partial charge on any atom is -0.349 e. The molecule has 0 unspecified atom stereocenters. The minimum atomic E-state index is 0. The van der Waals surface area contributed by atoms with Gasteiger partial charge in [-0.3, -0.25) is 4.79 Å². The first-order valence-electron chi connectivity index (χ1n) is 7.96. The van der Waals surface area contributed by atoms with E-state index in [2.05, 4.69) is 22.8 Å². The van der Waals surface area contributed by atoms with Gasteiger partial charge in [-0.1, -0.05) is 48.5 Å². The molecular formula is C19H23ClN2O. The highest BCUT2D eigenvalue weighted by Crippen LogP contribution is 2.15. The van der Waals surface area contributed by atoms with Crippen molar-refractivity contribution in [1.82, 2.24) is 10.6 Å². The van der Waals surface area contributed by atoms with Crippen molar-refractivity contribution in [2.45, 2.75) is 25.3 Å². The molecule has 0 aliphatic carbocycles. The molecule has 1 aliphatic rings. The Bertz CT molecular complexity index is 624. The van der Waals surface area contributed by atoms with Crippen LogP contribution in [-0.2, 0) is 6.42 Å². The van der Waals surface area contributed by atoms with E-state index in [1.54, 1.807) is 0 Å². The molecule has 4 heteroatoms. The summed E-state index contributed by atoms with van der Waals surface area (Å²) < 4.78 is 0. The summed E-state index contributed by atoms with van der Waals surface area (Å²) in [5.74, 6) is 0.0541. The van der Waals surface area contributed by atoms with E-state index in [4.69, 9.17) is 0 Å². The van der Waals surface area contributed by atoms with Crippen molar-refractivity contribution in [3.05, 3.63) is 71.3 Å². The van der Waals surface area contributed by atoms with Gasteiger partial charge in [0, 0.05) is 11.6 Å². The number of carbonyl (C=O) groups excluding carboxylic acids is 1. The van der Waals surface area contributed by atoms with Crippen LogP contribution < -0.4 is 10.6 Å². The number of benzene rings is 2. The summed E-state index contributed by atoms with van der Waals surface area (Å²) in [7, 11) is 0. The molecule has 23 heavy (non-hydrogen) atoms. The van der Waals surface area contributed by atoms with Gasteiger partial charge >= 0.3 is 0 Å². The first-order valence-corrected chi connectivity index (χ1v) is 7.96. The van der Waals surface area contributed by atoms with Crippen molar-refractivity contribution in [1.29, 1.82) is 0 Å². The molecule has 1 fully saturated rings. The molecule has 0 saturated carbocycles. The number of carbonyl (C=O) groups is 1. The van der Waals surface area contributed by atoms with Gasteiger partial charge in [-0.05, 0) is 49.5 Å². The smallest absolute Gasteiger partial charge is 0.251 e. The van der Waals surface area contributed by atoms with Gasteiger partial charge < -0.3 is 10.6 Å². The van der Waals surface area contributed by atoms with Crippen LogP contribution in [0, 0.1) is 0 Å². The van der Waals surface area contributed by atoms with E-state index < -0.39 is 0 Å². The standard InChI is InChI=1S/C19H22N2O.ClH/c22-19(21-17-10-12-20-13-11-17)18-9-5-4-8-16(18)14-15-6-2-1-3-7-15;/h1-9,17,20H,10-14H2,(H,21,22);1H. The Hall–Kier alpha value is -1.84. The number of nitrogens with one attached hydrogen (secondary N) is 2. The third-order valence-corrected chi connectivity index (χ3v) is 4.17. The van der Waals surface area contributed by atoms with Gasteiger partial charge in [0.25, 0.3) is 5.91 Å². The van der Waals surface area contributed by atoms with Crippen molar-refractivity contribution < 1.29 is 4.79 Å². The minimum absolute atomic E-state index is 0. The van der Waals surface area contributed by atoms with Crippen molar-refractivity contribution in [2.75, 3.05) is 13.1 Å². The van der Waals surface area contributed by atoms with Gasteiger partial charge in [-0.25, -0.2) is 0 Å². The van der Waals surface area contributed by atoms with E-state index in [1.807, 2.05) is 42.5 Å². The van der Waals surface area contributed by atoms with Crippen molar-refractivity contribution in [2.24, 2.45) is 0 Å². The summed E-state index contributed by atoms with van der Waals surface area (Å²) in [5.41, 5.74) is 3.11. The second-order valence-electron chi connectivity index (χ2n) is 5.82. The monoisotopic (exact) mass is 330 g/mol. The van der Waals surface area contributed by atoms with E-state index in [9.17, 15) is 4.79 Å². The van der Waals surface area contributed by atoms with Crippen LogP contribution in [0.5, 0.6) is 0 Å². The summed E-state index contributed by atoms with van der Waals surface area (Å²) >= 11 is 0. The van der Waals surface area contributed by atoms with Crippen LogP contribution in [0.15, 0.2) is 54.6 Å². The third kappa shape index (κ3) is 4.81. The number of halogens is 1. The number of hydrogen-bond acceptors (Lipinski definition) is 2. The highest BCUT2D eigenvalue weighted by atomic mass is 35.5. The predicted molar refractivity (Wildman–Crippen MR) is 96.3 cm³/mol.